The average molecular weight is 286 g/mol. The van der Waals surface area contributed by atoms with E-state index in [1.54, 1.807) is 0 Å². The number of amides is 2. The molecule has 2 aliphatic rings. The Morgan fingerprint density at radius 1 is 1.16 bits per heavy atom. The Kier molecular flexibility index (Phi) is 5.36. The Bertz CT molecular complexity index is 332. The molecule has 1 aliphatic carbocycles. The van der Waals surface area contributed by atoms with Crippen molar-refractivity contribution in [3.05, 3.63) is 0 Å². The molecule has 0 radical (unpaired) electrons. The molecule has 108 valence electrons. The molecule has 2 fully saturated rings. The van der Waals surface area contributed by atoms with E-state index in [0.717, 1.165) is 25.7 Å². The van der Waals surface area contributed by atoms with Gasteiger partial charge >= 0.3 is 12.0 Å². The second-order valence-corrected chi connectivity index (χ2v) is 6.62. The highest BCUT2D eigenvalue weighted by molar-refractivity contribution is 7.99. The molecular formula is C13H22N2O3S. The van der Waals surface area contributed by atoms with Gasteiger partial charge in [0.1, 0.15) is 0 Å². The van der Waals surface area contributed by atoms with Crippen LogP contribution in [0, 0.1) is 11.8 Å². The van der Waals surface area contributed by atoms with E-state index in [1.807, 2.05) is 11.8 Å². The summed E-state index contributed by atoms with van der Waals surface area (Å²) >= 11 is 1.97. The molecule has 0 aromatic rings. The van der Waals surface area contributed by atoms with Gasteiger partial charge in [-0.2, -0.15) is 11.8 Å². The summed E-state index contributed by atoms with van der Waals surface area (Å²) in [5.74, 6) is 1.71. The molecule has 2 unspecified atom stereocenters. The molecular weight excluding hydrogens is 264 g/mol. The van der Waals surface area contributed by atoms with Gasteiger partial charge in [-0.25, -0.2) is 4.79 Å². The predicted molar refractivity (Wildman–Crippen MR) is 75.3 cm³/mol. The lowest BCUT2D eigenvalue weighted by Gasteiger charge is -2.23. The van der Waals surface area contributed by atoms with E-state index in [-0.39, 0.29) is 12.1 Å². The van der Waals surface area contributed by atoms with Crippen LogP contribution in [0.2, 0.25) is 0 Å². The first kappa shape index (κ1) is 14.5. The van der Waals surface area contributed by atoms with E-state index >= 15 is 0 Å². The van der Waals surface area contributed by atoms with Gasteiger partial charge in [-0.05, 0) is 43.1 Å². The number of carbonyl (C=O) groups excluding carboxylic acids is 1. The van der Waals surface area contributed by atoms with Crippen LogP contribution in [0.3, 0.4) is 0 Å². The lowest BCUT2D eigenvalue weighted by atomic mass is 10.0. The second-order valence-electron chi connectivity index (χ2n) is 5.39. The Hall–Kier alpha value is -0.910. The lowest BCUT2D eigenvalue weighted by molar-refractivity contribution is -0.142. The number of carboxylic acid groups (broad SMARTS) is 1. The number of rotatable bonds is 4. The third kappa shape index (κ3) is 4.30. The zero-order chi connectivity index (χ0) is 13.7. The molecule has 2 atom stereocenters. The third-order valence-electron chi connectivity index (χ3n) is 4.04. The standard InChI is InChI=1S/C13H22N2O3S/c16-12(17)10-2-1-3-11(10)15-13(18)14-8-9-4-6-19-7-5-9/h9-11H,1-8H2,(H,16,17)(H2,14,15,18). The van der Waals surface area contributed by atoms with Crippen LogP contribution < -0.4 is 10.6 Å². The van der Waals surface area contributed by atoms with Crippen LogP contribution in [0.15, 0.2) is 0 Å². The monoisotopic (exact) mass is 286 g/mol. The van der Waals surface area contributed by atoms with Crippen molar-refractivity contribution in [2.45, 2.75) is 38.1 Å². The number of nitrogens with one attached hydrogen (secondary N) is 2. The maximum absolute atomic E-state index is 11.8. The van der Waals surface area contributed by atoms with Crippen molar-refractivity contribution in [3.8, 4) is 0 Å². The van der Waals surface area contributed by atoms with Gasteiger partial charge in [-0.15, -0.1) is 0 Å². The van der Waals surface area contributed by atoms with Crippen molar-refractivity contribution >= 4 is 23.8 Å². The highest BCUT2D eigenvalue weighted by atomic mass is 32.2. The molecule has 3 N–H and O–H groups in total. The zero-order valence-electron chi connectivity index (χ0n) is 11.1. The maximum atomic E-state index is 11.8. The summed E-state index contributed by atoms with van der Waals surface area (Å²) in [6, 6.07) is -0.421. The van der Waals surface area contributed by atoms with Crippen LogP contribution in [0.5, 0.6) is 0 Å². The van der Waals surface area contributed by atoms with Crippen LogP contribution >= 0.6 is 11.8 Å². The molecule has 1 aliphatic heterocycles. The van der Waals surface area contributed by atoms with Crippen molar-refractivity contribution in [1.29, 1.82) is 0 Å². The molecule has 1 heterocycles. The normalized spacial score (nSPS) is 28.0. The lowest BCUT2D eigenvalue weighted by Crippen LogP contribution is -2.46. The van der Waals surface area contributed by atoms with E-state index < -0.39 is 11.9 Å². The number of carbonyl (C=O) groups is 2. The number of aliphatic carboxylic acids is 1. The van der Waals surface area contributed by atoms with E-state index in [9.17, 15) is 9.59 Å². The van der Waals surface area contributed by atoms with Gasteiger partial charge in [0.25, 0.3) is 0 Å². The Morgan fingerprint density at radius 3 is 2.58 bits per heavy atom. The average Bonchev–Trinajstić information content (AvgIpc) is 2.86. The van der Waals surface area contributed by atoms with Crippen molar-refractivity contribution in [1.82, 2.24) is 10.6 Å². The molecule has 0 aromatic heterocycles. The molecule has 2 amide bonds. The summed E-state index contributed by atoms with van der Waals surface area (Å²) in [4.78, 5) is 22.8. The number of carboxylic acids is 1. The number of urea groups is 1. The molecule has 0 spiro atoms. The minimum Gasteiger partial charge on any atom is -0.481 e. The molecule has 1 saturated heterocycles. The summed E-state index contributed by atoms with van der Waals surface area (Å²) < 4.78 is 0. The summed E-state index contributed by atoms with van der Waals surface area (Å²) in [6.07, 6.45) is 4.63. The van der Waals surface area contributed by atoms with Crippen LogP contribution in [0.1, 0.15) is 32.1 Å². The van der Waals surface area contributed by atoms with Crippen LogP contribution in [-0.4, -0.2) is 41.2 Å². The first-order valence-corrected chi connectivity index (χ1v) is 8.17. The number of hydrogen-bond acceptors (Lipinski definition) is 3. The minimum atomic E-state index is -0.799. The molecule has 0 aromatic carbocycles. The SMILES string of the molecule is O=C(NCC1CCSCC1)NC1CCCC1C(=O)O. The Balaban J connectivity index is 1.70. The summed E-state index contributed by atoms with van der Waals surface area (Å²) in [6.45, 7) is 0.705. The summed E-state index contributed by atoms with van der Waals surface area (Å²) in [5.41, 5.74) is 0. The number of thioether (sulfide) groups is 1. The van der Waals surface area contributed by atoms with Crippen molar-refractivity contribution < 1.29 is 14.7 Å². The molecule has 1 saturated carbocycles. The fraction of sp³-hybridized carbons (Fsp3) is 0.846. The third-order valence-corrected chi connectivity index (χ3v) is 5.09. The molecule has 19 heavy (non-hydrogen) atoms. The van der Waals surface area contributed by atoms with Crippen LogP contribution in [0.25, 0.3) is 0 Å². The highest BCUT2D eigenvalue weighted by Crippen LogP contribution is 2.26. The fourth-order valence-corrected chi connectivity index (χ4v) is 4.04. The number of hydrogen-bond donors (Lipinski definition) is 3. The maximum Gasteiger partial charge on any atom is 0.315 e. The van der Waals surface area contributed by atoms with Crippen molar-refractivity contribution in [3.63, 3.8) is 0 Å². The molecule has 0 bridgehead atoms. The zero-order valence-corrected chi connectivity index (χ0v) is 11.9. The van der Waals surface area contributed by atoms with Gasteiger partial charge in [0.2, 0.25) is 0 Å². The van der Waals surface area contributed by atoms with Gasteiger partial charge in [-0.1, -0.05) is 6.42 Å². The van der Waals surface area contributed by atoms with Crippen molar-refractivity contribution in [2.24, 2.45) is 11.8 Å². The smallest absolute Gasteiger partial charge is 0.315 e. The quantitative estimate of drug-likeness (QED) is 0.735. The van der Waals surface area contributed by atoms with Gasteiger partial charge in [0.15, 0.2) is 0 Å². The summed E-state index contributed by atoms with van der Waals surface area (Å²) in [7, 11) is 0. The van der Waals surface area contributed by atoms with E-state index in [0.29, 0.717) is 18.9 Å². The Labute approximate surface area is 117 Å². The first-order chi connectivity index (χ1) is 9.16. The minimum absolute atomic E-state index is 0.209. The van der Waals surface area contributed by atoms with Gasteiger partial charge < -0.3 is 15.7 Å². The Morgan fingerprint density at radius 2 is 1.89 bits per heavy atom. The predicted octanol–water partition coefficient (Wildman–Crippen LogP) is 1.68. The van der Waals surface area contributed by atoms with Gasteiger partial charge in [-0.3, -0.25) is 4.79 Å². The molecule has 5 nitrogen and oxygen atoms in total. The largest absolute Gasteiger partial charge is 0.481 e. The van der Waals surface area contributed by atoms with E-state index in [2.05, 4.69) is 10.6 Å². The summed E-state index contributed by atoms with van der Waals surface area (Å²) in [5, 5.41) is 14.8. The van der Waals surface area contributed by atoms with Gasteiger partial charge in [0.05, 0.1) is 5.92 Å². The molecule has 6 heteroatoms. The first-order valence-electron chi connectivity index (χ1n) is 7.01. The van der Waals surface area contributed by atoms with E-state index in [1.165, 1.54) is 11.5 Å². The van der Waals surface area contributed by atoms with Crippen LogP contribution in [-0.2, 0) is 4.79 Å². The second kappa shape index (κ2) is 7.03. The van der Waals surface area contributed by atoms with E-state index in [4.69, 9.17) is 5.11 Å². The fourth-order valence-electron chi connectivity index (χ4n) is 2.84. The van der Waals surface area contributed by atoms with Crippen LogP contribution in [0.4, 0.5) is 4.79 Å². The highest BCUT2D eigenvalue weighted by Gasteiger charge is 2.33. The molecule has 2 rings (SSSR count). The van der Waals surface area contributed by atoms with Gasteiger partial charge in [0, 0.05) is 12.6 Å². The topological polar surface area (TPSA) is 78.4 Å². The van der Waals surface area contributed by atoms with Crippen molar-refractivity contribution in [2.75, 3.05) is 18.1 Å².